The first-order chi connectivity index (χ1) is 15.6. The van der Waals surface area contributed by atoms with Gasteiger partial charge in [-0.3, -0.25) is 9.59 Å². The van der Waals surface area contributed by atoms with Gasteiger partial charge in [-0.25, -0.2) is 23.5 Å². The van der Waals surface area contributed by atoms with E-state index in [2.05, 4.69) is 0 Å². The van der Waals surface area contributed by atoms with Crippen molar-refractivity contribution in [3.05, 3.63) is 68.0 Å². The minimum Gasteiger partial charge on any atom is -0.508 e. The fourth-order valence-corrected chi connectivity index (χ4v) is 5.89. The number of carbonyl (C=O) groups is 2. The number of aromatic nitrogens is 3. The lowest BCUT2D eigenvalue weighted by Gasteiger charge is -2.52. The monoisotopic (exact) mass is 451 g/mol. The molecule has 1 aromatic heterocycles. The van der Waals surface area contributed by atoms with E-state index in [-0.39, 0.29) is 30.3 Å². The van der Waals surface area contributed by atoms with Gasteiger partial charge in [0, 0.05) is 24.4 Å². The number of phenols is 1. The Labute approximate surface area is 189 Å². The number of hydrogen-bond donors (Lipinski definition) is 1. The number of ketones is 2. The van der Waals surface area contributed by atoms with Crippen molar-refractivity contribution >= 4 is 11.6 Å². The van der Waals surface area contributed by atoms with Gasteiger partial charge in [-0.15, -0.1) is 0 Å². The first-order valence-electron chi connectivity index (χ1n) is 10.8. The zero-order valence-electron chi connectivity index (χ0n) is 18.9. The van der Waals surface area contributed by atoms with E-state index in [9.17, 15) is 24.3 Å². The Hall–Kier alpha value is -3.62. The minimum absolute atomic E-state index is 0.0304. The summed E-state index contributed by atoms with van der Waals surface area (Å²) in [5.74, 6) is -1.30. The number of aromatic hydroxyl groups is 1. The number of allylic oxidation sites excluding steroid dienone is 4. The quantitative estimate of drug-likeness (QED) is 0.692. The smallest absolute Gasteiger partial charge is 0.347 e. The molecule has 5 rings (SSSR count). The molecule has 0 spiro atoms. The molecule has 2 heterocycles. The maximum atomic E-state index is 13.5. The summed E-state index contributed by atoms with van der Waals surface area (Å²) < 4.78 is 9.17. The van der Waals surface area contributed by atoms with Crippen molar-refractivity contribution in [3.8, 4) is 11.5 Å². The third-order valence-corrected chi connectivity index (χ3v) is 7.68. The van der Waals surface area contributed by atoms with Gasteiger partial charge in [0.1, 0.15) is 11.5 Å². The highest BCUT2D eigenvalue weighted by atomic mass is 16.5. The molecular formula is C24H25N3O6. The topological polar surface area (TPSA) is 113 Å². The molecule has 1 saturated carbocycles. The zero-order valence-corrected chi connectivity index (χ0v) is 18.9. The predicted molar refractivity (Wildman–Crippen MR) is 118 cm³/mol. The first-order valence-corrected chi connectivity index (χ1v) is 10.8. The highest BCUT2D eigenvalue weighted by Crippen LogP contribution is 2.60. The maximum Gasteiger partial charge on any atom is 0.347 e. The van der Waals surface area contributed by atoms with E-state index in [1.165, 1.54) is 35.7 Å². The van der Waals surface area contributed by atoms with Crippen molar-refractivity contribution in [2.45, 2.75) is 38.8 Å². The third kappa shape index (κ3) is 2.65. The molecule has 0 saturated heterocycles. The number of carbonyl (C=O) groups excluding carboxylic acids is 2. The zero-order chi connectivity index (χ0) is 23.8. The molecule has 0 amide bonds. The molecule has 2 aliphatic carbocycles. The number of hydrogen-bond acceptors (Lipinski definition) is 6. The van der Waals surface area contributed by atoms with E-state index in [0.29, 0.717) is 16.9 Å². The normalized spacial score (nSPS) is 28.4. The Kier molecular flexibility index (Phi) is 4.46. The van der Waals surface area contributed by atoms with E-state index in [4.69, 9.17) is 4.74 Å². The fourth-order valence-electron chi connectivity index (χ4n) is 5.89. The van der Waals surface area contributed by atoms with Crippen molar-refractivity contribution in [1.82, 2.24) is 13.9 Å². The molecule has 3 aliphatic rings. The second-order valence-electron chi connectivity index (χ2n) is 9.26. The number of nitrogens with zero attached hydrogens (tertiary/aromatic N) is 3. The summed E-state index contributed by atoms with van der Waals surface area (Å²) in [6.45, 7) is 3.53. The maximum absolute atomic E-state index is 13.5. The van der Waals surface area contributed by atoms with Gasteiger partial charge in [-0.2, -0.15) is 0 Å². The lowest BCUT2D eigenvalue weighted by Crippen LogP contribution is -2.54. The van der Waals surface area contributed by atoms with E-state index in [1.807, 2.05) is 6.08 Å². The van der Waals surface area contributed by atoms with Crippen LogP contribution in [0.5, 0.6) is 11.5 Å². The SMILES string of the molecule is COc1ccc(O)c([C@H]2C3=CCn4c(=O)n(C)c(=O)n4[C@@H]3C[C@H]3C(=O)C(C)=CC(=O)[C@@]23C)c1. The molecular weight excluding hydrogens is 426 g/mol. The Morgan fingerprint density at radius 1 is 1.15 bits per heavy atom. The standard InChI is InChI=1S/C24H25N3O6/c1-12-9-19(29)24(2)16(21(12)30)11-17-14(7-8-26-22(31)25(3)23(32)27(17)26)20(24)15-10-13(33-4)5-6-18(15)28/h5-7,9-10,16-17,20,28H,8,11H2,1-4H3/t16-,17+,20+,24-/m0/s1. The molecule has 1 aromatic carbocycles. The highest BCUT2D eigenvalue weighted by molar-refractivity contribution is 6.13. The van der Waals surface area contributed by atoms with Crippen molar-refractivity contribution in [2.75, 3.05) is 7.11 Å². The van der Waals surface area contributed by atoms with Gasteiger partial charge in [0.15, 0.2) is 11.6 Å². The van der Waals surface area contributed by atoms with E-state index in [1.54, 1.807) is 26.0 Å². The molecule has 2 aromatic rings. The van der Waals surface area contributed by atoms with Crippen molar-refractivity contribution < 1.29 is 19.4 Å². The number of methoxy groups -OCH3 is 1. The van der Waals surface area contributed by atoms with Crippen LogP contribution in [0, 0.1) is 11.3 Å². The van der Waals surface area contributed by atoms with Crippen LogP contribution in [0.2, 0.25) is 0 Å². The second-order valence-corrected chi connectivity index (χ2v) is 9.26. The lowest BCUT2D eigenvalue weighted by molar-refractivity contribution is -0.139. The number of rotatable bonds is 2. The molecule has 0 bridgehead atoms. The van der Waals surface area contributed by atoms with Crippen molar-refractivity contribution in [3.63, 3.8) is 0 Å². The fraction of sp³-hybridized carbons (Fsp3) is 0.417. The second kappa shape index (κ2) is 6.94. The summed E-state index contributed by atoms with van der Waals surface area (Å²) in [6, 6.07) is 4.19. The van der Waals surface area contributed by atoms with Crippen LogP contribution in [-0.2, 0) is 23.2 Å². The van der Waals surface area contributed by atoms with Crippen molar-refractivity contribution in [1.29, 1.82) is 0 Å². The van der Waals surface area contributed by atoms with Crippen LogP contribution in [0.25, 0.3) is 0 Å². The molecule has 1 aliphatic heterocycles. The number of benzene rings is 1. The highest BCUT2D eigenvalue weighted by Gasteiger charge is 2.59. The van der Waals surface area contributed by atoms with E-state index < -0.39 is 34.7 Å². The van der Waals surface area contributed by atoms with Crippen LogP contribution >= 0.6 is 0 Å². The molecule has 33 heavy (non-hydrogen) atoms. The van der Waals surface area contributed by atoms with Gasteiger partial charge in [0.05, 0.1) is 25.1 Å². The molecule has 9 heteroatoms. The lowest BCUT2D eigenvalue weighted by atomic mass is 9.51. The van der Waals surface area contributed by atoms with Gasteiger partial charge in [0.2, 0.25) is 0 Å². The number of fused-ring (bicyclic) bond motifs is 4. The molecule has 172 valence electrons. The van der Waals surface area contributed by atoms with Crippen LogP contribution in [0.4, 0.5) is 0 Å². The van der Waals surface area contributed by atoms with Gasteiger partial charge in [0.25, 0.3) is 0 Å². The first kappa shape index (κ1) is 21.2. The average Bonchev–Trinajstić information content (AvgIpc) is 3.02. The Morgan fingerprint density at radius 2 is 1.88 bits per heavy atom. The van der Waals surface area contributed by atoms with Gasteiger partial charge in [-0.1, -0.05) is 13.0 Å². The summed E-state index contributed by atoms with van der Waals surface area (Å²) >= 11 is 0. The molecule has 0 radical (unpaired) electrons. The Bertz CT molecular complexity index is 1400. The Balaban J connectivity index is 1.82. The molecule has 1 N–H and O–H groups in total. The Morgan fingerprint density at radius 3 is 2.58 bits per heavy atom. The van der Waals surface area contributed by atoms with Gasteiger partial charge in [-0.05, 0) is 48.8 Å². The summed E-state index contributed by atoms with van der Waals surface area (Å²) in [6.07, 6.45) is 3.44. The van der Waals surface area contributed by atoms with Crippen LogP contribution in [0.3, 0.4) is 0 Å². The van der Waals surface area contributed by atoms with Crippen LogP contribution in [0.15, 0.2) is 51.1 Å². The number of Topliss-reactive ketones (excluding diaryl/α,β-unsaturated/α-hetero) is 1. The van der Waals surface area contributed by atoms with E-state index in [0.717, 1.165) is 10.1 Å². The summed E-state index contributed by atoms with van der Waals surface area (Å²) in [4.78, 5) is 52.5. The molecule has 0 unspecified atom stereocenters. The van der Waals surface area contributed by atoms with Crippen LogP contribution in [0.1, 0.15) is 37.8 Å². The third-order valence-electron chi connectivity index (χ3n) is 7.68. The summed E-state index contributed by atoms with van der Waals surface area (Å²) in [5, 5.41) is 10.9. The summed E-state index contributed by atoms with van der Waals surface area (Å²) in [7, 11) is 2.93. The van der Waals surface area contributed by atoms with Gasteiger partial charge < -0.3 is 9.84 Å². The molecule has 4 atom stereocenters. The predicted octanol–water partition coefficient (Wildman–Crippen LogP) is 1.45. The average molecular weight is 451 g/mol. The largest absolute Gasteiger partial charge is 0.508 e. The molecule has 1 fully saturated rings. The molecule has 9 nitrogen and oxygen atoms in total. The van der Waals surface area contributed by atoms with Crippen molar-refractivity contribution in [2.24, 2.45) is 18.4 Å². The van der Waals surface area contributed by atoms with Crippen LogP contribution in [-0.4, -0.2) is 37.7 Å². The van der Waals surface area contributed by atoms with Gasteiger partial charge >= 0.3 is 11.4 Å². The number of ether oxygens (including phenoxy) is 1. The minimum atomic E-state index is -1.16. The van der Waals surface area contributed by atoms with E-state index >= 15 is 0 Å². The van der Waals surface area contributed by atoms with Crippen LogP contribution < -0.4 is 16.1 Å². The summed E-state index contributed by atoms with van der Waals surface area (Å²) in [5.41, 5.74) is -0.520. The number of phenolic OH excluding ortho intramolecular Hbond substituents is 1.